The molecule has 1 amide bonds. The monoisotopic (exact) mass is 629 g/mol. The predicted molar refractivity (Wildman–Crippen MR) is 168 cm³/mol. The third kappa shape index (κ3) is 7.93. The Morgan fingerprint density at radius 3 is 2.77 bits per heavy atom. The zero-order valence-corrected chi connectivity index (χ0v) is 26.6. The van der Waals surface area contributed by atoms with Crippen LogP contribution in [0.5, 0.6) is 5.75 Å². The number of likely N-dealkylation sites (N-methyl/N-ethyl adjacent to an activating group) is 1. The lowest BCUT2D eigenvalue weighted by molar-refractivity contribution is -0.128. The van der Waals surface area contributed by atoms with Crippen molar-refractivity contribution in [1.29, 1.82) is 0 Å². The minimum atomic E-state index is -0.649. The maximum absolute atomic E-state index is 13.4. The Labute approximate surface area is 265 Å². The summed E-state index contributed by atoms with van der Waals surface area (Å²) in [4.78, 5) is 24.6. The third-order valence-electron chi connectivity index (χ3n) is 9.84. The van der Waals surface area contributed by atoms with Gasteiger partial charge in [0.2, 0.25) is 5.91 Å². The van der Waals surface area contributed by atoms with E-state index in [9.17, 15) is 9.90 Å². The van der Waals surface area contributed by atoms with Crippen molar-refractivity contribution in [3.05, 3.63) is 46.6 Å². The molecule has 11 nitrogen and oxygen atoms in total. The molecule has 4 heterocycles. The summed E-state index contributed by atoms with van der Waals surface area (Å²) in [5.41, 5.74) is 2.22. The summed E-state index contributed by atoms with van der Waals surface area (Å²) >= 11 is 6.70. The van der Waals surface area contributed by atoms with Crippen LogP contribution in [0.3, 0.4) is 0 Å². The Morgan fingerprint density at radius 1 is 1.20 bits per heavy atom. The highest BCUT2D eigenvalue weighted by Crippen LogP contribution is 2.34. The fourth-order valence-electron chi connectivity index (χ4n) is 6.96. The highest BCUT2D eigenvalue weighted by molar-refractivity contribution is 6.33. The molecule has 0 radical (unpaired) electrons. The second-order valence-electron chi connectivity index (χ2n) is 12.8. The molecular formula is C32H48ClN7O4. The Bertz CT molecular complexity index is 1220. The number of halogens is 1. The lowest BCUT2D eigenvalue weighted by atomic mass is 9.89. The standard InChI is InChI=1S/C32H48ClN7O4/c1-2-38-10-12-40(13-11-38)30-15-23(14-29(37-30)36-24-4-3-5-24)32(42)35-16-25(41)19-39-9-8-27-22(18-39)6-7-28(31(27)33)43-20-26-17-34-21-44-26/h6-7,17,21,23-25,29-30,36-37,41H,2-5,8-16,18-20H2,1H3,(H,35,42)/t23?,25-,29?,30?/m0/s1. The summed E-state index contributed by atoms with van der Waals surface area (Å²) in [6.45, 7) is 9.98. The molecule has 2 saturated heterocycles. The van der Waals surface area contributed by atoms with Gasteiger partial charge >= 0.3 is 0 Å². The van der Waals surface area contributed by atoms with Crippen LogP contribution >= 0.6 is 11.6 Å². The van der Waals surface area contributed by atoms with E-state index in [2.05, 4.69) is 42.6 Å². The Hall–Kier alpha value is -2.25. The predicted octanol–water partition coefficient (Wildman–Crippen LogP) is 2.17. The fourth-order valence-corrected chi connectivity index (χ4v) is 7.29. The van der Waals surface area contributed by atoms with Crippen molar-refractivity contribution >= 4 is 17.5 Å². The van der Waals surface area contributed by atoms with Crippen LogP contribution in [0.15, 0.2) is 29.1 Å². The van der Waals surface area contributed by atoms with Crippen molar-refractivity contribution < 1.29 is 19.1 Å². The maximum atomic E-state index is 13.4. The number of oxazole rings is 1. The van der Waals surface area contributed by atoms with E-state index in [1.54, 1.807) is 6.20 Å². The van der Waals surface area contributed by atoms with Gasteiger partial charge in [-0.05, 0) is 55.8 Å². The Morgan fingerprint density at radius 2 is 2.05 bits per heavy atom. The molecule has 1 saturated carbocycles. The van der Waals surface area contributed by atoms with Crippen LogP contribution in [-0.4, -0.2) is 108 Å². The number of carbonyl (C=O) groups excluding carboxylic acids is 1. The number of aromatic nitrogens is 1. The molecule has 3 unspecified atom stereocenters. The SMILES string of the molecule is CCN1CCN(C2CC(C(=O)NC[C@H](O)CN3CCc4c(ccc(OCc5cnco5)c4Cl)C3)CC(NC3CCC3)N2)CC1. The number of nitrogens with zero attached hydrogens (tertiary/aromatic N) is 4. The van der Waals surface area contributed by atoms with E-state index in [1.165, 1.54) is 25.7 Å². The van der Waals surface area contributed by atoms with Crippen LogP contribution in [0.2, 0.25) is 5.02 Å². The number of hydrogen-bond donors (Lipinski definition) is 4. The molecule has 242 valence electrons. The van der Waals surface area contributed by atoms with E-state index < -0.39 is 6.10 Å². The quantitative estimate of drug-likeness (QED) is 0.278. The number of hydrogen-bond acceptors (Lipinski definition) is 10. The number of aliphatic hydroxyl groups excluding tert-OH is 1. The fraction of sp³-hybridized carbons (Fsp3) is 0.688. The van der Waals surface area contributed by atoms with Gasteiger partial charge < -0.3 is 24.5 Å². The molecule has 1 aliphatic carbocycles. The normalized spacial score (nSPS) is 26.1. The maximum Gasteiger partial charge on any atom is 0.223 e. The van der Waals surface area contributed by atoms with Gasteiger partial charge in [-0.2, -0.15) is 0 Å². The smallest absolute Gasteiger partial charge is 0.223 e. The third-order valence-corrected chi connectivity index (χ3v) is 10.3. The number of piperidine rings is 1. The van der Waals surface area contributed by atoms with E-state index in [1.807, 2.05) is 12.1 Å². The van der Waals surface area contributed by atoms with Crippen molar-refractivity contribution in [2.45, 2.75) is 83.1 Å². The number of ether oxygens (including phenoxy) is 1. The molecule has 0 spiro atoms. The van der Waals surface area contributed by atoms with Crippen molar-refractivity contribution in [3.8, 4) is 5.75 Å². The van der Waals surface area contributed by atoms with Crippen LogP contribution in [0.4, 0.5) is 0 Å². The molecular weight excluding hydrogens is 582 g/mol. The van der Waals surface area contributed by atoms with Gasteiger partial charge in [0.05, 0.1) is 29.7 Å². The molecule has 4 aliphatic rings. The summed E-state index contributed by atoms with van der Waals surface area (Å²) in [5.74, 6) is 1.24. The topological polar surface area (TPSA) is 118 Å². The van der Waals surface area contributed by atoms with Crippen molar-refractivity contribution in [2.24, 2.45) is 5.92 Å². The number of amides is 1. The zero-order valence-electron chi connectivity index (χ0n) is 25.8. The van der Waals surface area contributed by atoms with E-state index >= 15 is 0 Å². The molecule has 3 fully saturated rings. The van der Waals surface area contributed by atoms with E-state index in [0.717, 1.165) is 69.7 Å². The van der Waals surface area contributed by atoms with E-state index in [4.69, 9.17) is 20.8 Å². The number of β-amino-alcohol motifs (C(OH)–C–C–N with tert-alkyl or cyclic N) is 1. The van der Waals surface area contributed by atoms with Crippen molar-refractivity contribution in [2.75, 3.05) is 52.4 Å². The highest BCUT2D eigenvalue weighted by atomic mass is 35.5. The average molecular weight is 630 g/mol. The first-order chi connectivity index (χ1) is 21.4. The Kier molecular flexibility index (Phi) is 10.7. The molecule has 0 bridgehead atoms. The number of fused-ring (bicyclic) bond motifs is 1. The average Bonchev–Trinajstić information content (AvgIpc) is 3.55. The lowest BCUT2D eigenvalue weighted by Crippen LogP contribution is -2.64. The van der Waals surface area contributed by atoms with Gasteiger partial charge in [-0.3, -0.25) is 25.2 Å². The summed E-state index contributed by atoms with van der Waals surface area (Å²) in [6, 6.07) is 4.48. The summed E-state index contributed by atoms with van der Waals surface area (Å²) in [5, 5.41) is 22.2. The van der Waals surface area contributed by atoms with Crippen LogP contribution in [-0.2, 0) is 24.4 Å². The van der Waals surface area contributed by atoms with Crippen LogP contribution in [0, 0.1) is 5.92 Å². The molecule has 44 heavy (non-hydrogen) atoms. The lowest BCUT2D eigenvalue weighted by Gasteiger charge is -2.46. The molecule has 2 aromatic rings. The van der Waals surface area contributed by atoms with Gasteiger partial charge in [0.25, 0.3) is 0 Å². The number of aliphatic hydroxyl groups is 1. The zero-order chi connectivity index (χ0) is 30.5. The largest absolute Gasteiger partial charge is 0.484 e. The number of benzene rings is 1. The summed E-state index contributed by atoms with van der Waals surface area (Å²) < 4.78 is 11.1. The second-order valence-corrected chi connectivity index (χ2v) is 13.2. The number of carbonyl (C=O) groups is 1. The van der Waals surface area contributed by atoms with Crippen molar-refractivity contribution in [1.82, 2.24) is 35.6 Å². The first-order valence-electron chi connectivity index (χ1n) is 16.4. The van der Waals surface area contributed by atoms with Gasteiger partial charge in [-0.1, -0.05) is 31.0 Å². The molecule has 1 aromatic heterocycles. The number of nitrogens with one attached hydrogen (secondary N) is 3. The van der Waals surface area contributed by atoms with Crippen LogP contribution in [0.1, 0.15) is 55.9 Å². The first kappa shape index (κ1) is 31.7. The van der Waals surface area contributed by atoms with Crippen LogP contribution < -0.4 is 20.7 Å². The van der Waals surface area contributed by atoms with Crippen molar-refractivity contribution in [3.63, 3.8) is 0 Å². The minimum absolute atomic E-state index is 0.0526. The number of piperazine rings is 1. The van der Waals surface area contributed by atoms with E-state index in [-0.39, 0.29) is 37.3 Å². The van der Waals surface area contributed by atoms with Gasteiger partial charge in [0.15, 0.2) is 12.2 Å². The Balaban J connectivity index is 0.982. The summed E-state index contributed by atoms with van der Waals surface area (Å²) in [7, 11) is 0. The van der Waals surface area contributed by atoms with Gasteiger partial charge in [-0.15, -0.1) is 0 Å². The van der Waals surface area contributed by atoms with Crippen LogP contribution in [0.25, 0.3) is 0 Å². The number of rotatable bonds is 12. The second kappa shape index (κ2) is 14.9. The van der Waals surface area contributed by atoms with Gasteiger partial charge in [0, 0.05) is 64.3 Å². The molecule has 4 atom stereocenters. The summed E-state index contributed by atoms with van der Waals surface area (Å²) in [6.07, 6.45) is 8.73. The molecule has 1 aromatic carbocycles. The van der Waals surface area contributed by atoms with E-state index in [0.29, 0.717) is 35.7 Å². The first-order valence-corrected chi connectivity index (χ1v) is 16.8. The minimum Gasteiger partial charge on any atom is -0.484 e. The molecule has 6 rings (SSSR count). The highest BCUT2D eigenvalue weighted by Gasteiger charge is 2.37. The molecule has 3 aliphatic heterocycles. The van der Waals surface area contributed by atoms with Gasteiger partial charge in [0.1, 0.15) is 12.4 Å². The molecule has 12 heteroatoms. The molecule has 4 N–H and O–H groups in total. The van der Waals surface area contributed by atoms with Gasteiger partial charge in [-0.25, -0.2) is 4.98 Å².